The standard InChI is InChI=1S/C22H23F2N3O4/c1-10-2-5-16(25)14-8-26(7-13(10)14)20-15(23)6-12-19(18(20)24)27(11-3-4-11)9-17(21(12)28)31-22(29)30/h2,5-6,9-11,13-14,16H,3-4,7-8,25H2,1H3,(H,29,30). The minimum absolute atomic E-state index is 0.0213. The Morgan fingerprint density at radius 1 is 1.23 bits per heavy atom. The Labute approximate surface area is 176 Å². The molecule has 1 saturated carbocycles. The van der Waals surface area contributed by atoms with E-state index in [4.69, 9.17) is 10.8 Å². The largest absolute Gasteiger partial charge is 0.511 e. The fourth-order valence-electron chi connectivity index (χ4n) is 5.09. The fraction of sp³-hybridized carbons (Fsp3) is 0.455. The second-order valence-corrected chi connectivity index (χ2v) is 8.80. The van der Waals surface area contributed by atoms with Crippen molar-refractivity contribution in [1.82, 2.24) is 4.57 Å². The van der Waals surface area contributed by atoms with Gasteiger partial charge < -0.3 is 25.0 Å². The van der Waals surface area contributed by atoms with Crippen LogP contribution in [-0.2, 0) is 0 Å². The molecule has 2 aliphatic carbocycles. The highest BCUT2D eigenvalue weighted by molar-refractivity contribution is 5.86. The molecule has 3 aliphatic rings. The zero-order chi connectivity index (χ0) is 22.0. The number of aromatic nitrogens is 1. The molecule has 9 heteroatoms. The number of fused-ring (bicyclic) bond motifs is 2. The number of carbonyl (C=O) groups is 1. The predicted molar refractivity (Wildman–Crippen MR) is 111 cm³/mol. The Morgan fingerprint density at radius 3 is 2.58 bits per heavy atom. The molecule has 2 aromatic rings. The first-order valence-corrected chi connectivity index (χ1v) is 10.4. The van der Waals surface area contributed by atoms with Crippen LogP contribution in [0.2, 0.25) is 0 Å². The highest BCUT2D eigenvalue weighted by Crippen LogP contribution is 2.43. The molecule has 5 rings (SSSR count). The Hall–Kier alpha value is -2.94. The third-order valence-corrected chi connectivity index (χ3v) is 6.82. The van der Waals surface area contributed by atoms with Gasteiger partial charge in [0.05, 0.1) is 17.1 Å². The molecule has 0 spiro atoms. The third-order valence-electron chi connectivity index (χ3n) is 6.82. The Morgan fingerprint density at radius 2 is 1.94 bits per heavy atom. The first-order chi connectivity index (χ1) is 14.8. The molecule has 2 fully saturated rings. The van der Waals surface area contributed by atoms with E-state index in [0.29, 0.717) is 13.1 Å². The topological polar surface area (TPSA) is 97.8 Å². The SMILES string of the molecule is CC1C=CC(N)C2CN(c3c(F)cc4c(=O)c(OC(=O)O)cn(C5CC5)c4c3F)CC12. The number of hydrogen-bond donors (Lipinski definition) is 2. The number of carboxylic acid groups (broad SMARTS) is 1. The van der Waals surface area contributed by atoms with Gasteiger partial charge in [-0.2, -0.15) is 0 Å². The van der Waals surface area contributed by atoms with Crippen molar-refractivity contribution in [2.24, 2.45) is 23.5 Å². The van der Waals surface area contributed by atoms with Gasteiger partial charge in [0, 0.05) is 31.1 Å². The number of allylic oxidation sites excluding steroid dienone is 1. The number of anilines is 1. The molecule has 31 heavy (non-hydrogen) atoms. The van der Waals surface area contributed by atoms with Crippen molar-refractivity contribution in [3.63, 3.8) is 0 Å². The van der Waals surface area contributed by atoms with E-state index in [2.05, 4.69) is 17.7 Å². The van der Waals surface area contributed by atoms with Crippen molar-refractivity contribution < 1.29 is 23.4 Å². The second kappa shape index (κ2) is 7.05. The molecule has 1 aliphatic heterocycles. The molecule has 1 saturated heterocycles. The number of rotatable bonds is 3. The molecular weight excluding hydrogens is 408 g/mol. The van der Waals surface area contributed by atoms with Gasteiger partial charge >= 0.3 is 6.16 Å². The lowest BCUT2D eigenvalue weighted by Crippen LogP contribution is -2.38. The smallest absolute Gasteiger partial charge is 0.449 e. The van der Waals surface area contributed by atoms with Crippen molar-refractivity contribution in [2.75, 3.05) is 18.0 Å². The van der Waals surface area contributed by atoms with Crippen LogP contribution in [-0.4, -0.2) is 35.0 Å². The van der Waals surface area contributed by atoms with Gasteiger partial charge in [-0.15, -0.1) is 0 Å². The Bertz CT molecular complexity index is 1150. The third kappa shape index (κ3) is 3.18. The van der Waals surface area contributed by atoms with Crippen molar-refractivity contribution in [3.05, 3.63) is 46.3 Å². The van der Waals surface area contributed by atoms with Gasteiger partial charge in [0.2, 0.25) is 5.43 Å². The summed E-state index contributed by atoms with van der Waals surface area (Å²) >= 11 is 0. The summed E-state index contributed by atoms with van der Waals surface area (Å²) in [4.78, 5) is 25.4. The predicted octanol–water partition coefficient (Wildman–Crippen LogP) is 3.26. The summed E-state index contributed by atoms with van der Waals surface area (Å²) in [5.74, 6) is -1.60. The molecule has 0 amide bonds. The normalized spacial score (nSPS) is 27.5. The molecule has 1 aromatic heterocycles. The number of halogens is 2. The molecule has 4 atom stereocenters. The van der Waals surface area contributed by atoms with E-state index < -0.39 is 29.0 Å². The zero-order valence-electron chi connectivity index (χ0n) is 16.9. The lowest BCUT2D eigenvalue weighted by atomic mass is 9.77. The van der Waals surface area contributed by atoms with Gasteiger partial charge in [-0.25, -0.2) is 13.6 Å². The van der Waals surface area contributed by atoms with Gasteiger partial charge in [0.1, 0.15) is 11.5 Å². The quantitative estimate of drug-likeness (QED) is 0.572. The number of ether oxygens (including phenoxy) is 1. The number of nitrogens with zero attached hydrogens (tertiary/aromatic N) is 2. The van der Waals surface area contributed by atoms with Crippen LogP contribution < -0.4 is 20.8 Å². The molecule has 7 nitrogen and oxygen atoms in total. The number of hydrogen-bond acceptors (Lipinski definition) is 5. The first-order valence-electron chi connectivity index (χ1n) is 10.4. The molecular formula is C22H23F2N3O4. The average Bonchev–Trinajstić information content (AvgIpc) is 3.45. The first kappa shape index (κ1) is 20.0. The van der Waals surface area contributed by atoms with Crippen LogP contribution in [0.25, 0.3) is 10.9 Å². The van der Waals surface area contributed by atoms with Gasteiger partial charge in [-0.05, 0) is 30.7 Å². The van der Waals surface area contributed by atoms with Crippen LogP contribution in [0.3, 0.4) is 0 Å². The maximum atomic E-state index is 15.8. The van der Waals surface area contributed by atoms with Crippen molar-refractivity contribution in [1.29, 1.82) is 0 Å². The van der Waals surface area contributed by atoms with Gasteiger partial charge in [-0.3, -0.25) is 4.79 Å². The van der Waals surface area contributed by atoms with E-state index in [0.717, 1.165) is 18.9 Å². The van der Waals surface area contributed by atoms with Crippen LogP contribution in [0.5, 0.6) is 5.75 Å². The summed E-state index contributed by atoms with van der Waals surface area (Å²) in [7, 11) is 0. The van der Waals surface area contributed by atoms with Crippen molar-refractivity contribution in [3.8, 4) is 5.75 Å². The number of nitrogens with two attached hydrogens (primary N) is 1. The van der Waals surface area contributed by atoms with Crippen molar-refractivity contribution in [2.45, 2.75) is 31.8 Å². The molecule has 4 unspecified atom stereocenters. The van der Waals surface area contributed by atoms with Crippen LogP contribution in [0.4, 0.5) is 19.3 Å². The van der Waals surface area contributed by atoms with Crippen LogP contribution >= 0.6 is 0 Å². The number of pyridine rings is 1. The summed E-state index contributed by atoms with van der Waals surface area (Å²) < 4.78 is 37.1. The Balaban J connectivity index is 1.65. The van der Waals surface area contributed by atoms with Crippen LogP contribution in [0, 0.1) is 29.4 Å². The van der Waals surface area contributed by atoms with E-state index in [1.807, 2.05) is 6.08 Å². The lowest BCUT2D eigenvalue weighted by molar-refractivity contribution is 0.143. The molecule has 2 heterocycles. The maximum absolute atomic E-state index is 15.8. The van der Waals surface area contributed by atoms with Gasteiger partial charge in [0.25, 0.3) is 0 Å². The highest BCUT2D eigenvalue weighted by atomic mass is 19.1. The summed E-state index contributed by atoms with van der Waals surface area (Å²) in [5, 5.41) is 8.68. The van der Waals surface area contributed by atoms with Gasteiger partial charge in [-0.1, -0.05) is 19.1 Å². The summed E-state index contributed by atoms with van der Waals surface area (Å²) in [6, 6.07) is 0.733. The second-order valence-electron chi connectivity index (χ2n) is 8.80. The highest BCUT2D eigenvalue weighted by Gasteiger charge is 2.42. The van der Waals surface area contributed by atoms with E-state index >= 15 is 8.78 Å². The molecule has 0 bridgehead atoms. The van der Waals surface area contributed by atoms with Crippen molar-refractivity contribution >= 4 is 22.7 Å². The van der Waals surface area contributed by atoms with E-state index in [1.165, 1.54) is 10.8 Å². The van der Waals surface area contributed by atoms with E-state index in [9.17, 15) is 9.59 Å². The number of benzene rings is 1. The lowest BCUT2D eigenvalue weighted by Gasteiger charge is -2.30. The average molecular weight is 431 g/mol. The summed E-state index contributed by atoms with van der Waals surface area (Å²) in [5.41, 5.74) is 5.19. The summed E-state index contributed by atoms with van der Waals surface area (Å²) in [6.07, 6.45) is 5.07. The minimum Gasteiger partial charge on any atom is -0.449 e. The molecule has 0 radical (unpaired) electrons. The molecule has 1 aromatic carbocycles. The monoisotopic (exact) mass is 431 g/mol. The fourth-order valence-corrected chi connectivity index (χ4v) is 5.09. The minimum atomic E-state index is -1.66. The van der Waals surface area contributed by atoms with Crippen LogP contribution in [0.1, 0.15) is 25.8 Å². The maximum Gasteiger partial charge on any atom is 0.511 e. The van der Waals surface area contributed by atoms with Crippen LogP contribution in [0.15, 0.2) is 29.2 Å². The van der Waals surface area contributed by atoms with E-state index in [1.54, 1.807) is 4.90 Å². The van der Waals surface area contributed by atoms with Gasteiger partial charge in [0.15, 0.2) is 11.6 Å². The zero-order valence-corrected chi connectivity index (χ0v) is 16.9. The molecule has 164 valence electrons. The summed E-state index contributed by atoms with van der Waals surface area (Å²) in [6.45, 7) is 2.97. The molecule has 3 N–H and O–H groups in total. The van der Waals surface area contributed by atoms with E-state index in [-0.39, 0.29) is 46.4 Å². The Kier molecular flexibility index (Phi) is 4.55.